The second kappa shape index (κ2) is 10.6. The monoisotopic (exact) mass is 494 g/mol. The third-order valence-electron chi connectivity index (χ3n) is 7.38. The summed E-state index contributed by atoms with van der Waals surface area (Å²) in [4.78, 5) is 15.9. The van der Waals surface area contributed by atoms with Gasteiger partial charge in [-0.05, 0) is 68.6 Å². The lowest BCUT2D eigenvalue weighted by Crippen LogP contribution is -2.60. The highest BCUT2D eigenvalue weighted by molar-refractivity contribution is 5.85. The van der Waals surface area contributed by atoms with Gasteiger partial charge in [0.1, 0.15) is 11.6 Å². The van der Waals surface area contributed by atoms with Gasteiger partial charge in [0, 0.05) is 38.4 Å². The Kier molecular flexibility index (Phi) is 8.22. The van der Waals surface area contributed by atoms with Gasteiger partial charge in [-0.3, -0.25) is 4.90 Å². The predicted octanol–water partition coefficient (Wildman–Crippen LogP) is 5.31. The average Bonchev–Trinajstić information content (AvgIpc) is 2.98. The molecule has 0 saturated carbocycles. The molecular weight excluding hydrogens is 462 g/mol. The zero-order valence-electron chi connectivity index (χ0n) is 19.7. The Labute approximate surface area is 206 Å². The highest BCUT2D eigenvalue weighted by Crippen LogP contribution is 2.44. The molecule has 0 radical (unpaired) electrons. The van der Waals surface area contributed by atoms with E-state index in [0.29, 0.717) is 19.4 Å². The molecule has 0 aromatic heterocycles. The van der Waals surface area contributed by atoms with E-state index < -0.39 is 17.4 Å². The molecule has 5 nitrogen and oxygen atoms in total. The second-order valence-corrected chi connectivity index (χ2v) is 9.27. The summed E-state index contributed by atoms with van der Waals surface area (Å²) in [6.07, 6.45) is 2.47. The summed E-state index contributed by atoms with van der Waals surface area (Å²) in [6, 6.07) is 13.0. The molecule has 8 heteroatoms. The minimum atomic E-state index is -1.30. The number of carbonyl (C=O) groups is 1. The first-order chi connectivity index (χ1) is 15.8. The smallest absolute Gasteiger partial charge is 0.412 e. The Balaban J connectivity index is 0.00000324. The Morgan fingerprint density at radius 3 is 1.94 bits per heavy atom. The molecule has 1 amide bonds. The van der Waals surface area contributed by atoms with E-state index in [1.54, 1.807) is 31.2 Å². The number of rotatable bonds is 7. The SMILES string of the molecule is CCN1C(=O)OC2(CCN(CCCC(c3ccc(F)cc3)c3ccc(F)cc3)CC2)C1(C)O.Cl. The van der Waals surface area contributed by atoms with E-state index in [1.165, 1.54) is 29.2 Å². The van der Waals surface area contributed by atoms with Crippen molar-refractivity contribution in [2.75, 3.05) is 26.2 Å². The number of carbonyl (C=O) groups excluding carboxylic acids is 1. The predicted molar refractivity (Wildman–Crippen MR) is 129 cm³/mol. The van der Waals surface area contributed by atoms with Crippen LogP contribution < -0.4 is 0 Å². The van der Waals surface area contributed by atoms with Crippen molar-refractivity contribution in [2.24, 2.45) is 0 Å². The fourth-order valence-corrected chi connectivity index (χ4v) is 5.33. The van der Waals surface area contributed by atoms with Gasteiger partial charge in [0.2, 0.25) is 0 Å². The minimum absolute atomic E-state index is 0. The Morgan fingerprint density at radius 2 is 1.50 bits per heavy atom. The highest BCUT2D eigenvalue weighted by Gasteiger charge is 2.62. The van der Waals surface area contributed by atoms with Crippen molar-refractivity contribution in [2.45, 2.75) is 56.8 Å². The summed E-state index contributed by atoms with van der Waals surface area (Å²) in [5.74, 6) is -0.495. The molecule has 2 saturated heterocycles. The van der Waals surface area contributed by atoms with Crippen molar-refractivity contribution < 1.29 is 23.4 Å². The molecule has 2 aliphatic rings. The molecule has 2 fully saturated rings. The van der Waals surface area contributed by atoms with Crippen molar-refractivity contribution in [3.63, 3.8) is 0 Å². The molecule has 0 bridgehead atoms. The fraction of sp³-hybridized carbons (Fsp3) is 0.500. The average molecular weight is 495 g/mol. The van der Waals surface area contributed by atoms with E-state index >= 15 is 0 Å². The van der Waals surface area contributed by atoms with Gasteiger partial charge < -0.3 is 14.7 Å². The van der Waals surface area contributed by atoms with Gasteiger partial charge in [-0.2, -0.15) is 0 Å². The van der Waals surface area contributed by atoms with E-state index in [4.69, 9.17) is 4.74 Å². The third kappa shape index (κ3) is 5.07. The highest BCUT2D eigenvalue weighted by atomic mass is 35.5. The molecule has 2 aliphatic heterocycles. The lowest BCUT2D eigenvalue weighted by Gasteiger charge is -2.44. The third-order valence-corrected chi connectivity index (χ3v) is 7.38. The number of ether oxygens (including phenoxy) is 1. The number of amides is 1. The van der Waals surface area contributed by atoms with Gasteiger partial charge in [-0.15, -0.1) is 12.4 Å². The zero-order valence-corrected chi connectivity index (χ0v) is 20.5. The van der Waals surface area contributed by atoms with Crippen molar-refractivity contribution >= 4 is 18.5 Å². The molecule has 1 N–H and O–H groups in total. The van der Waals surface area contributed by atoms with Crippen LogP contribution in [-0.2, 0) is 4.74 Å². The molecule has 1 unspecified atom stereocenters. The van der Waals surface area contributed by atoms with Gasteiger partial charge in [-0.1, -0.05) is 24.3 Å². The zero-order chi connectivity index (χ0) is 23.6. The molecule has 34 heavy (non-hydrogen) atoms. The normalized spacial score (nSPS) is 22.2. The van der Waals surface area contributed by atoms with Crippen LogP contribution in [0.3, 0.4) is 0 Å². The number of piperidine rings is 1. The number of hydrogen-bond acceptors (Lipinski definition) is 4. The Bertz CT molecular complexity index is 916. The molecular formula is C26H33ClF2N2O3. The lowest BCUT2D eigenvalue weighted by atomic mass is 9.82. The standard InChI is InChI=1S/C26H32F2N2O3.ClH/c1-3-30-24(31)33-26(25(30,2)32)14-17-29(18-15-26)16-4-5-23(19-6-10-21(27)11-7-19)20-8-12-22(28)13-9-20;/h6-13,23,32H,3-5,14-18H2,1-2H3;1H. The topological polar surface area (TPSA) is 53.0 Å². The number of halogens is 3. The van der Waals surface area contributed by atoms with Crippen LogP contribution in [0.15, 0.2) is 48.5 Å². The van der Waals surface area contributed by atoms with E-state index in [2.05, 4.69) is 4.90 Å². The maximum absolute atomic E-state index is 13.4. The maximum Gasteiger partial charge on any atom is 0.412 e. The molecule has 4 rings (SSSR count). The summed E-state index contributed by atoms with van der Waals surface area (Å²) in [7, 11) is 0. The first-order valence-electron chi connectivity index (χ1n) is 11.7. The van der Waals surface area contributed by atoms with E-state index in [0.717, 1.165) is 43.6 Å². The molecule has 0 aliphatic carbocycles. The number of hydrogen-bond donors (Lipinski definition) is 1. The van der Waals surface area contributed by atoms with Crippen molar-refractivity contribution in [3.8, 4) is 0 Å². The van der Waals surface area contributed by atoms with Crippen LogP contribution in [0.1, 0.15) is 56.6 Å². The van der Waals surface area contributed by atoms with Crippen LogP contribution in [-0.4, -0.2) is 58.5 Å². The summed E-state index contributed by atoms with van der Waals surface area (Å²) in [5, 5.41) is 11.0. The van der Waals surface area contributed by atoms with Gasteiger partial charge in [-0.25, -0.2) is 13.6 Å². The summed E-state index contributed by atoms with van der Waals surface area (Å²) < 4.78 is 32.6. The lowest BCUT2D eigenvalue weighted by molar-refractivity contribution is -0.164. The van der Waals surface area contributed by atoms with Crippen molar-refractivity contribution in [3.05, 3.63) is 71.3 Å². The first-order valence-corrected chi connectivity index (χ1v) is 11.7. The van der Waals surface area contributed by atoms with Gasteiger partial charge >= 0.3 is 6.09 Å². The van der Waals surface area contributed by atoms with Crippen LogP contribution in [0.25, 0.3) is 0 Å². The number of likely N-dealkylation sites (N-methyl/N-ethyl adjacent to an activating group) is 1. The Hall–Kier alpha value is -2.22. The van der Waals surface area contributed by atoms with Gasteiger partial charge in [0.15, 0.2) is 11.3 Å². The quantitative estimate of drug-likeness (QED) is 0.566. The molecule has 2 aromatic rings. The van der Waals surface area contributed by atoms with Gasteiger partial charge in [0.25, 0.3) is 0 Å². The Morgan fingerprint density at radius 1 is 1.00 bits per heavy atom. The maximum atomic E-state index is 13.4. The molecule has 1 atom stereocenters. The number of aliphatic hydroxyl groups is 1. The van der Waals surface area contributed by atoms with Gasteiger partial charge in [0.05, 0.1) is 0 Å². The van der Waals surface area contributed by atoms with E-state index in [9.17, 15) is 18.7 Å². The largest absolute Gasteiger partial charge is 0.437 e. The summed E-state index contributed by atoms with van der Waals surface area (Å²) in [5.41, 5.74) is -0.147. The van der Waals surface area contributed by atoms with Crippen LogP contribution >= 0.6 is 12.4 Å². The molecule has 2 heterocycles. The minimum Gasteiger partial charge on any atom is -0.437 e. The van der Waals surface area contributed by atoms with Crippen molar-refractivity contribution in [1.29, 1.82) is 0 Å². The van der Waals surface area contributed by atoms with Crippen LogP contribution in [0.4, 0.5) is 13.6 Å². The summed E-state index contributed by atoms with van der Waals surface area (Å²) in [6.45, 7) is 6.25. The fourth-order valence-electron chi connectivity index (χ4n) is 5.33. The van der Waals surface area contributed by atoms with Crippen LogP contribution in [0, 0.1) is 11.6 Å². The van der Waals surface area contributed by atoms with Crippen LogP contribution in [0.2, 0.25) is 0 Å². The van der Waals surface area contributed by atoms with Crippen LogP contribution in [0.5, 0.6) is 0 Å². The molecule has 186 valence electrons. The number of benzene rings is 2. The van der Waals surface area contributed by atoms with E-state index in [1.807, 2.05) is 6.92 Å². The molecule has 2 aromatic carbocycles. The first kappa shape index (κ1) is 26.4. The summed E-state index contributed by atoms with van der Waals surface area (Å²) >= 11 is 0. The second-order valence-electron chi connectivity index (χ2n) is 9.27. The molecule has 1 spiro atoms. The number of likely N-dealkylation sites (tertiary alicyclic amines) is 1. The van der Waals surface area contributed by atoms with Crippen molar-refractivity contribution in [1.82, 2.24) is 9.80 Å². The van der Waals surface area contributed by atoms with E-state index in [-0.39, 0.29) is 30.0 Å². The number of nitrogens with zero attached hydrogens (tertiary/aromatic N) is 2.